The van der Waals surface area contributed by atoms with Crippen molar-refractivity contribution in [3.8, 4) is 0 Å². The van der Waals surface area contributed by atoms with Gasteiger partial charge in [-0.05, 0) is 30.9 Å². The van der Waals surface area contributed by atoms with Gasteiger partial charge in [-0.15, -0.1) is 0 Å². The first kappa shape index (κ1) is 10.1. The van der Waals surface area contributed by atoms with Gasteiger partial charge < -0.3 is 5.32 Å². The summed E-state index contributed by atoms with van der Waals surface area (Å²) in [6.07, 6.45) is 1.23. The van der Waals surface area contributed by atoms with E-state index in [0.717, 1.165) is 12.5 Å². The van der Waals surface area contributed by atoms with Gasteiger partial charge in [-0.3, -0.25) is 0 Å². The van der Waals surface area contributed by atoms with Crippen LogP contribution < -0.4 is 5.32 Å². The Morgan fingerprint density at radius 1 is 1.23 bits per heavy atom. The molecule has 0 saturated carbocycles. The third-order valence-electron chi connectivity index (χ3n) is 2.18. The van der Waals surface area contributed by atoms with Gasteiger partial charge in [0.2, 0.25) is 0 Å². The molecule has 0 spiro atoms. The van der Waals surface area contributed by atoms with Crippen molar-refractivity contribution in [2.24, 2.45) is 5.92 Å². The Morgan fingerprint density at radius 2 is 1.92 bits per heavy atom. The first-order valence-electron chi connectivity index (χ1n) is 4.99. The number of anilines is 1. The van der Waals surface area contributed by atoms with Gasteiger partial charge in [-0.2, -0.15) is 0 Å². The molecular weight excluding hydrogens is 158 g/mol. The van der Waals surface area contributed by atoms with E-state index in [2.05, 4.69) is 50.4 Å². The van der Waals surface area contributed by atoms with Crippen molar-refractivity contribution in [2.45, 2.75) is 27.2 Å². The number of aryl methyl sites for hydroxylation is 1. The maximum absolute atomic E-state index is 3.44. The predicted octanol–water partition coefficient (Wildman–Crippen LogP) is 3.45. The minimum absolute atomic E-state index is 0.775. The molecule has 0 saturated heterocycles. The summed E-state index contributed by atoms with van der Waals surface area (Å²) in [6.45, 7) is 7.71. The Balaban J connectivity index is 2.41. The van der Waals surface area contributed by atoms with E-state index in [1.54, 1.807) is 0 Å². The summed E-state index contributed by atoms with van der Waals surface area (Å²) in [5, 5.41) is 3.44. The zero-order valence-electron chi connectivity index (χ0n) is 8.80. The molecular formula is C12H19N. The Labute approximate surface area is 81.2 Å². The monoisotopic (exact) mass is 177 g/mol. The van der Waals surface area contributed by atoms with E-state index in [4.69, 9.17) is 0 Å². The summed E-state index contributed by atoms with van der Waals surface area (Å²) in [5.41, 5.74) is 2.59. The van der Waals surface area contributed by atoms with E-state index in [9.17, 15) is 0 Å². The van der Waals surface area contributed by atoms with Gasteiger partial charge in [0.25, 0.3) is 0 Å². The molecule has 0 bridgehead atoms. The predicted molar refractivity (Wildman–Crippen MR) is 59.1 cm³/mol. The number of nitrogens with one attached hydrogen (secondary N) is 1. The van der Waals surface area contributed by atoms with Crippen LogP contribution in [0.3, 0.4) is 0 Å². The molecule has 1 nitrogen and oxygen atoms in total. The van der Waals surface area contributed by atoms with Crippen molar-refractivity contribution < 1.29 is 0 Å². The van der Waals surface area contributed by atoms with Crippen LogP contribution in [-0.4, -0.2) is 6.54 Å². The Hall–Kier alpha value is -0.980. The lowest BCUT2D eigenvalue weighted by atomic mass is 10.1. The molecule has 0 aromatic heterocycles. The zero-order valence-corrected chi connectivity index (χ0v) is 8.80. The normalized spacial score (nSPS) is 10.5. The first-order chi connectivity index (χ1) is 6.20. The van der Waals surface area contributed by atoms with Gasteiger partial charge in [-0.25, -0.2) is 0 Å². The van der Waals surface area contributed by atoms with E-state index in [0.29, 0.717) is 0 Å². The SMILES string of the molecule is Cc1ccccc1NCCC(C)C. The summed E-state index contributed by atoms with van der Waals surface area (Å²) >= 11 is 0. The van der Waals surface area contributed by atoms with Crippen LogP contribution in [0.4, 0.5) is 5.69 Å². The summed E-state index contributed by atoms with van der Waals surface area (Å²) < 4.78 is 0. The van der Waals surface area contributed by atoms with Crippen molar-refractivity contribution in [1.29, 1.82) is 0 Å². The van der Waals surface area contributed by atoms with Crippen molar-refractivity contribution in [3.05, 3.63) is 29.8 Å². The lowest BCUT2D eigenvalue weighted by molar-refractivity contribution is 0.607. The third-order valence-corrected chi connectivity index (χ3v) is 2.18. The average Bonchev–Trinajstić information content (AvgIpc) is 2.08. The second-order valence-corrected chi connectivity index (χ2v) is 3.92. The number of hydrogen-bond acceptors (Lipinski definition) is 1. The fraction of sp³-hybridized carbons (Fsp3) is 0.500. The molecule has 0 amide bonds. The van der Waals surface area contributed by atoms with Crippen LogP contribution in [0, 0.1) is 12.8 Å². The van der Waals surface area contributed by atoms with Crippen molar-refractivity contribution >= 4 is 5.69 Å². The number of para-hydroxylation sites is 1. The van der Waals surface area contributed by atoms with Gasteiger partial charge in [0, 0.05) is 12.2 Å². The average molecular weight is 177 g/mol. The van der Waals surface area contributed by atoms with Crippen LogP contribution in [0.25, 0.3) is 0 Å². The lowest BCUT2D eigenvalue weighted by Gasteiger charge is -2.10. The van der Waals surface area contributed by atoms with Crippen LogP contribution in [0.5, 0.6) is 0 Å². The summed E-state index contributed by atoms with van der Waals surface area (Å²) in [6, 6.07) is 8.42. The molecule has 0 aliphatic carbocycles. The molecule has 72 valence electrons. The smallest absolute Gasteiger partial charge is 0.0369 e. The molecule has 0 radical (unpaired) electrons. The fourth-order valence-corrected chi connectivity index (χ4v) is 1.27. The highest BCUT2D eigenvalue weighted by Gasteiger charge is 1.96. The highest BCUT2D eigenvalue weighted by atomic mass is 14.9. The van der Waals surface area contributed by atoms with Gasteiger partial charge >= 0.3 is 0 Å². The molecule has 0 heterocycles. The minimum Gasteiger partial charge on any atom is -0.385 e. The van der Waals surface area contributed by atoms with E-state index in [1.165, 1.54) is 17.7 Å². The highest BCUT2D eigenvalue weighted by Crippen LogP contribution is 2.13. The van der Waals surface area contributed by atoms with Crippen molar-refractivity contribution in [2.75, 3.05) is 11.9 Å². The topological polar surface area (TPSA) is 12.0 Å². The molecule has 1 aromatic rings. The largest absolute Gasteiger partial charge is 0.385 e. The van der Waals surface area contributed by atoms with Gasteiger partial charge in [0.05, 0.1) is 0 Å². The van der Waals surface area contributed by atoms with Gasteiger partial charge in [0.1, 0.15) is 0 Å². The number of rotatable bonds is 4. The van der Waals surface area contributed by atoms with Crippen LogP contribution in [0.15, 0.2) is 24.3 Å². The molecule has 1 heteroatoms. The quantitative estimate of drug-likeness (QED) is 0.742. The standard InChI is InChI=1S/C12H19N/c1-10(2)8-9-13-12-7-5-4-6-11(12)3/h4-7,10,13H,8-9H2,1-3H3. The Bertz CT molecular complexity index is 253. The van der Waals surface area contributed by atoms with Crippen LogP contribution in [-0.2, 0) is 0 Å². The van der Waals surface area contributed by atoms with E-state index >= 15 is 0 Å². The minimum atomic E-state index is 0.775. The second kappa shape index (κ2) is 4.90. The molecule has 0 fully saturated rings. The molecule has 1 N–H and O–H groups in total. The molecule has 0 aliphatic heterocycles. The number of benzene rings is 1. The summed E-state index contributed by atoms with van der Waals surface area (Å²) in [5.74, 6) is 0.775. The van der Waals surface area contributed by atoms with Crippen molar-refractivity contribution in [3.63, 3.8) is 0 Å². The first-order valence-corrected chi connectivity index (χ1v) is 4.99. The third kappa shape index (κ3) is 3.49. The fourth-order valence-electron chi connectivity index (χ4n) is 1.27. The second-order valence-electron chi connectivity index (χ2n) is 3.92. The highest BCUT2D eigenvalue weighted by molar-refractivity contribution is 5.49. The molecule has 13 heavy (non-hydrogen) atoms. The lowest BCUT2D eigenvalue weighted by Crippen LogP contribution is -2.05. The molecule has 1 aromatic carbocycles. The zero-order chi connectivity index (χ0) is 9.68. The molecule has 0 atom stereocenters. The molecule has 1 rings (SSSR count). The van der Waals surface area contributed by atoms with E-state index in [-0.39, 0.29) is 0 Å². The summed E-state index contributed by atoms with van der Waals surface area (Å²) in [4.78, 5) is 0. The van der Waals surface area contributed by atoms with E-state index in [1.807, 2.05) is 0 Å². The van der Waals surface area contributed by atoms with Gasteiger partial charge in [-0.1, -0.05) is 32.0 Å². The van der Waals surface area contributed by atoms with Crippen LogP contribution in [0.1, 0.15) is 25.8 Å². The van der Waals surface area contributed by atoms with E-state index < -0.39 is 0 Å². The van der Waals surface area contributed by atoms with Crippen molar-refractivity contribution in [1.82, 2.24) is 0 Å². The summed E-state index contributed by atoms with van der Waals surface area (Å²) in [7, 11) is 0. The molecule has 0 unspecified atom stereocenters. The Morgan fingerprint density at radius 3 is 2.54 bits per heavy atom. The maximum Gasteiger partial charge on any atom is 0.0369 e. The Kier molecular flexibility index (Phi) is 3.81. The molecule has 0 aliphatic rings. The van der Waals surface area contributed by atoms with Crippen LogP contribution >= 0.6 is 0 Å². The van der Waals surface area contributed by atoms with Crippen LogP contribution in [0.2, 0.25) is 0 Å². The maximum atomic E-state index is 3.44. The van der Waals surface area contributed by atoms with Gasteiger partial charge in [0.15, 0.2) is 0 Å². The number of hydrogen-bond donors (Lipinski definition) is 1.